The van der Waals surface area contributed by atoms with Crippen molar-refractivity contribution in [2.45, 2.75) is 0 Å². The molecule has 0 unspecified atom stereocenters. The van der Waals surface area contributed by atoms with Gasteiger partial charge in [0, 0.05) is 0 Å². The van der Waals surface area contributed by atoms with Gasteiger partial charge in [-0.25, -0.2) is 9.79 Å². The fourth-order valence-electron chi connectivity index (χ4n) is 0.183. The lowest BCUT2D eigenvalue weighted by atomic mass is 10.7. The Morgan fingerprint density at radius 3 is 3.00 bits per heavy atom. The summed E-state index contributed by atoms with van der Waals surface area (Å²) in [5.74, 6) is 0. The van der Waals surface area contributed by atoms with Crippen molar-refractivity contribution in [1.29, 1.82) is 5.26 Å². The lowest BCUT2D eigenvalue weighted by Gasteiger charge is -1.84. The van der Waals surface area contributed by atoms with Crippen molar-refractivity contribution >= 4 is 6.08 Å². The van der Waals surface area contributed by atoms with Gasteiger partial charge in [0.05, 0.1) is 6.54 Å². The first kappa shape index (κ1) is 6.67. The number of isocyanates is 1. The third-order valence-corrected chi connectivity index (χ3v) is 0.434. The van der Waals surface area contributed by atoms with Crippen LogP contribution >= 0.6 is 0 Å². The van der Waals surface area contributed by atoms with Crippen LogP contribution in [0, 0.1) is 11.5 Å². The molecule has 4 nitrogen and oxygen atoms in total. The summed E-state index contributed by atoms with van der Waals surface area (Å²) in [7, 11) is 0. The van der Waals surface area contributed by atoms with Gasteiger partial charge in [-0.05, 0) is 0 Å². The molecule has 0 amide bonds. The summed E-state index contributed by atoms with van der Waals surface area (Å²) in [5.41, 5.74) is 0. The Labute approximate surface area is 46.4 Å². The zero-order valence-corrected chi connectivity index (χ0v) is 4.13. The van der Waals surface area contributed by atoms with Crippen LogP contribution in [0.2, 0.25) is 0 Å². The number of hydrogen-bond donors (Lipinski definition) is 0. The van der Waals surface area contributed by atoms with Gasteiger partial charge in [0.25, 0.3) is 6.26 Å². The van der Waals surface area contributed by atoms with E-state index in [9.17, 15) is 4.79 Å². The Balaban J connectivity index is 2.96. The molecule has 0 spiro atoms. The molecule has 0 fully saturated rings. The third-order valence-electron chi connectivity index (χ3n) is 0.434. The minimum atomic E-state index is 0.158. The molecule has 8 heavy (non-hydrogen) atoms. The van der Waals surface area contributed by atoms with Crippen molar-refractivity contribution in [3.8, 4) is 6.26 Å². The Hall–Kier alpha value is -1.33. The first-order valence-corrected chi connectivity index (χ1v) is 1.96. The normalized spacial score (nSPS) is 6.38. The molecule has 0 aliphatic rings. The van der Waals surface area contributed by atoms with Crippen LogP contribution in [0.25, 0.3) is 0 Å². The van der Waals surface area contributed by atoms with Crippen LogP contribution in [0.5, 0.6) is 0 Å². The molecule has 0 aromatic heterocycles. The number of hydrogen-bond acceptors (Lipinski definition) is 4. The average Bonchev–Trinajstić information content (AvgIpc) is 1.81. The van der Waals surface area contributed by atoms with E-state index in [-0.39, 0.29) is 13.2 Å². The Morgan fingerprint density at radius 1 is 1.75 bits per heavy atom. The van der Waals surface area contributed by atoms with Crippen molar-refractivity contribution in [2.24, 2.45) is 4.99 Å². The number of ether oxygens (including phenoxy) is 1. The molecule has 0 heterocycles. The molecule has 0 aromatic carbocycles. The Morgan fingerprint density at radius 2 is 2.50 bits per heavy atom. The van der Waals surface area contributed by atoms with Gasteiger partial charge in [0.15, 0.2) is 0 Å². The lowest BCUT2D eigenvalue weighted by Crippen LogP contribution is -1.90. The highest BCUT2D eigenvalue weighted by Crippen LogP contribution is 1.68. The zero-order chi connectivity index (χ0) is 6.24. The molecule has 0 aliphatic carbocycles. The van der Waals surface area contributed by atoms with Crippen LogP contribution < -0.4 is 0 Å². The van der Waals surface area contributed by atoms with Crippen molar-refractivity contribution in [1.82, 2.24) is 0 Å². The first-order valence-electron chi connectivity index (χ1n) is 1.96. The number of nitriles is 1. The minimum absolute atomic E-state index is 0.158. The van der Waals surface area contributed by atoms with Gasteiger partial charge in [-0.15, -0.1) is 0 Å². The van der Waals surface area contributed by atoms with Crippen molar-refractivity contribution in [2.75, 3.05) is 13.2 Å². The van der Waals surface area contributed by atoms with Gasteiger partial charge in [0.1, 0.15) is 6.61 Å². The second-order valence-electron chi connectivity index (χ2n) is 0.913. The number of aliphatic imine (C=N–C) groups is 1. The van der Waals surface area contributed by atoms with Crippen LogP contribution in [0.15, 0.2) is 4.99 Å². The highest BCUT2D eigenvalue weighted by molar-refractivity contribution is 5.32. The highest BCUT2D eigenvalue weighted by Gasteiger charge is 1.77. The van der Waals surface area contributed by atoms with Gasteiger partial charge < -0.3 is 4.74 Å². The van der Waals surface area contributed by atoms with E-state index in [0.717, 1.165) is 0 Å². The average molecular weight is 112 g/mol. The summed E-state index contributed by atoms with van der Waals surface area (Å²) in [5, 5.41) is 7.75. The number of nitrogens with zero attached hydrogens (tertiary/aromatic N) is 2. The van der Waals surface area contributed by atoms with Gasteiger partial charge in [-0.3, -0.25) is 0 Å². The van der Waals surface area contributed by atoms with Crippen LogP contribution in [0.4, 0.5) is 0 Å². The maximum absolute atomic E-state index is 9.34. The lowest BCUT2D eigenvalue weighted by molar-refractivity contribution is 0.281. The summed E-state index contributed by atoms with van der Waals surface area (Å²) in [6.07, 6.45) is 2.75. The SMILES string of the molecule is N#COCCN=C=O. The Bertz CT molecular complexity index is 131. The summed E-state index contributed by atoms with van der Waals surface area (Å²) in [6, 6.07) is 0. The number of rotatable bonds is 3. The molecule has 0 radical (unpaired) electrons. The fraction of sp³-hybridized carbons (Fsp3) is 0.500. The van der Waals surface area contributed by atoms with Crippen molar-refractivity contribution < 1.29 is 9.53 Å². The fourth-order valence-corrected chi connectivity index (χ4v) is 0.183. The van der Waals surface area contributed by atoms with E-state index >= 15 is 0 Å². The Kier molecular flexibility index (Phi) is 4.73. The molecule has 0 aromatic rings. The van der Waals surface area contributed by atoms with Crippen molar-refractivity contribution in [3.63, 3.8) is 0 Å². The van der Waals surface area contributed by atoms with Crippen LogP contribution in [0.3, 0.4) is 0 Å². The molecule has 0 N–H and O–H groups in total. The zero-order valence-electron chi connectivity index (χ0n) is 4.13. The summed E-state index contributed by atoms with van der Waals surface area (Å²) >= 11 is 0. The van der Waals surface area contributed by atoms with Gasteiger partial charge >= 0.3 is 0 Å². The van der Waals surface area contributed by atoms with E-state index < -0.39 is 0 Å². The second-order valence-corrected chi connectivity index (χ2v) is 0.913. The minimum Gasteiger partial charge on any atom is -0.426 e. The van der Waals surface area contributed by atoms with E-state index in [2.05, 4.69) is 9.73 Å². The van der Waals surface area contributed by atoms with E-state index in [1.165, 1.54) is 12.3 Å². The molecule has 0 rings (SSSR count). The molecule has 4 heteroatoms. The molecule has 0 bridgehead atoms. The van der Waals surface area contributed by atoms with Crippen molar-refractivity contribution in [3.05, 3.63) is 0 Å². The van der Waals surface area contributed by atoms with E-state index in [0.29, 0.717) is 0 Å². The van der Waals surface area contributed by atoms with Gasteiger partial charge in [-0.1, -0.05) is 0 Å². The highest BCUT2D eigenvalue weighted by atomic mass is 16.5. The largest absolute Gasteiger partial charge is 0.426 e. The predicted octanol–water partition coefficient (Wildman–Crippen LogP) is -0.180. The summed E-state index contributed by atoms with van der Waals surface area (Å²) < 4.78 is 4.17. The predicted molar refractivity (Wildman–Crippen MR) is 24.6 cm³/mol. The molecular weight excluding hydrogens is 108 g/mol. The molecule has 0 saturated heterocycles. The van der Waals surface area contributed by atoms with Gasteiger partial charge in [0.2, 0.25) is 6.08 Å². The second kappa shape index (κ2) is 5.67. The molecule has 0 atom stereocenters. The smallest absolute Gasteiger partial charge is 0.286 e. The first-order chi connectivity index (χ1) is 3.91. The van der Waals surface area contributed by atoms with Crippen LogP contribution in [0.1, 0.15) is 0 Å². The van der Waals surface area contributed by atoms with E-state index in [1.54, 1.807) is 0 Å². The number of carbonyl (C=O) groups excluding carboxylic acids is 1. The standard InChI is InChI=1S/C4H4N2O2/c5-3-8-2-1-6-4-7/h1-2H2. The van der Waals surface area contributed by atoms with E-state index in [4.69, 9.17) is 5.26 Å². The maximum atomic E-state index is 9.34. The van der Waals surface area contributed by atoms with Crippen LogP contribution in [-0.4, -0.2) is 19.2 Å². The maximum Gasteiger partial charge on any atom is 0.286 e. The van der Waals surface area contributed by atoms with Crippen LogP contribution in [-0.2, 0) is 9.53 Å². The topological polar surface area (TPSA) is 62.4 Å². The molecule has 0 saturated carbocycles. The molecule has 0 aliphatic heterocycles. The van der Waals surface area contributed by atoms with Gasteiger partial charge in [-0.2, -0.15) is 5.26 Å². The molecular formula is C4H4N2O2. The third kappa shape index (κ3) is 4.67. The molecule has 42 valence electrons. The summed E-state index contributed by atoms with van der Waals surface area (Å²) in [4.78, 5) is 12.5. The van der Waals surface area contributed by atoms with E-state index in [1.807, 2.05) is 0 Å². The quantitative estimate of drug-likeness (QED) is 0.220. The summed E-state index contributed by atoms with van der Waals surface area (Å²) in [6.45, 7) is 0.364. The monoisotopic (exact) mass is 112 g/mol.